The molecule has 6 nitrogen and oxygen atoms in total. The van der Waals surface area contributed by atoms with E-state index in [9.17, 15) is 4.79 Å². The van der Waals surface area contributed by atoms with Gasteiger partial charge in [0.2, 0.25) is 5.91 Å². The molecule has 1 heterocycles. The van der Waals surface area contributed by atoms with Crippen LogP contribution in [-0.2, 0) is 11.2 Å². The molecule has 0 aliphatic carbocycles. The zero-order valence-corrected chi connectivity index (χ0v) is 19.1. The Labute approximate surface area is 185 Å². The Hall–Kier alpha value is -2.73. The summed E-state index contributed by atoms with van der Waals surface area (Å²) in [5.41, 5.74) is 3.06. The first-order valence-corrected chi connectivity index (χ1v) is 10.9. The maximum Gasteiger partial charge on any atom is 0.238 e. The smallest absolute Gasteiger partial charge is 0.238 e. The minimum atomic E-state index is 0.00539. The molecule has 0 radical (unpaired) electrons. The lowest BCUT2D eigenvalue weighted by molar-refractivity contribution is -0.117. The number of hydrogen-bond donors (Lipinski definition) is 1. The molecular weight excluding hydrogens is 392 g/mol. The van der Waals surface area contributed by atoms with Gasteiger partial charge in [-0.25, -0.2) is 0 Å². The number of aryl methyl sites for hydroxylation is 2. The quantitative estimate of drug-likeness (QED) is 0.648. The zero-order valence-electron chi connectivity index (χ0n) is 19.1. The largest absolute Gasteiger partial charge is 0.497 e. The summed E-state index contributed by atoms with van der Waals surface area (Å²) in [5, 5.41) is 3.00. The van der Waals surface area contributed by atoms with Gasteiger partial charge in [-0.3, -0.25) is 9.69 Å². The Balaban J connectivity index is 1.45. The van der Waals surface area contributed by atoms with Crippen LogP contribution < -0.4 is 19.5 Å². The second-order valence-electron chi connectivity index (χ2n) is 8.23. The third-order valence-electron chi connectivity index (χ3n) is 5.96. The molecule has 0 unspecified atom stereocenters. The summed E-state index contributed by atoms with van der Waals surface area (Å²) in [5.74, 6) is 3.03. The SMILES string of the molecule is COc1cc(CCC2CCN(CC(=O)Nc3cc(C)ccc3OC)CC2)cc(OC)c1. The number of anilines is 1. The Bertz CT molecular complexity index is 854. The number of amides is 1. The minimum absolute atomic E-state index is 0.00539. The summed E-state index contributed by atoms with van der Waals surface area (Å²) < 4.78 is 16.1. The van der Waals surface area contributed by atoms with E-state index in [4.69, 9.17) is 14.2 Å². The number of rotatable bonds is 9. The Morgan fingerprint density at radius 2 is 1.68 bits per heavy atom. The molecule has 6 heteroatoms. The molecule has 1 fully saturated rings. The van der Waals surface area contributed by atoms with Gasteiger partial charge >= 0.3 is 0 Å². The first-order chi connectivity index (χ1) is 15.0. The summed E-state index contributed by atoms with van der Waals surface area (Å²) in [4.78, 5) is 14.8. The lowest BCUT2D eigenvalue weighted by Crippen LogP contribution is -2.39. The lowest BCUT2D eigenvalue weighted by atomic mass is 9.90. The predicted molar refractivity (Wildman–Crippen MR) is 123 cm³/mol. The van der Waals surface area contributed by atoms with Crippen LogP contribution in [0.25, 0.3) is 0 Å². The van der Waals surface area contributed by atoms with Crippen molar-refractivity contribution >= 4 is 11.6 Å². The van der Waals surface area contributed by atoms with E-state index in [-0.39, 0.29) is 5.91 Å². The number of nitrogens with one attached hydrogen (secondary N) is 1. The summed E-state index contributed by atoms with van der Waals surface area (Å²) in [6, 6.07) is 11.9. The molecule has 0 atom stereocenters. The van der Waals surface area contributed by atoms with Crippen molar-refractivity contribution in [3.63, 3.8) is 0 Å². The number of carbonyl (C=O) groups is 1. The molecule has 2 aromatic carbocycles. The lowest BCUT2D eigenvalue weighted by Gasteiger charge is -2.31. The van der Waals surface area contributed by atoms with Crippen molar-refractivity contribution in [3.05, 3.63) is 47.5 Å². The van der Waals surface area contributed by atoms with Gasteiger partial charge in [-0.1, -0.05) is 6.07 Å². The van der Waals surface area contributed by atoms with Crippen molar-refractivity contribution < 1.29 is 19.0 Å². The van der Waals surface area contributed by atoms with Crippen molar-refractivity contribution in [2.75, 3.05) is 46.3 Å². The number of piperidine rings is 1. The van der Waals surface area contributed by atoms with Crippen LogP contribution in [0.4, 0.5) is 5.69 Å². The van der Waals surface area contributed by atoms with Gasteiger partial charge in [-0.05, 0) is 87.0 Å². The fraction of sp³-hybridized carbons (Fsp3) is 0.480. The van der Waals surface area contributed by atoms with Gasteiger partial charge in [-0.2, -0.15) is 0 Å². The molecule has 0 spiro atoms. The highest BCUT2D eigenvalue weighted by Gasteiger charge is 2.21. The number of hydrogen-bond acceptors (Lipinski definition) is 5. The van der Waals surface area contributed by atoms with Crippen molar-refractivity contribution in [2.24, 2.45) is 5.92 Å². The first kappa shape index (κ1) is 22.9. The Morgan fingerprint density at radius 1 is 1.00 bits per heavy atom. The van der Waals surface area contributed by atoms with Crippen molar-refractivity contribution in [2.45, 2.75) is 32.6 Å². The molecule has 2 aromatic rings. The minimum Gasteiger partial charge on any atom is -0.497 e. The van der Waals surface area contributed by atoms with E-state index in [0.717, 1.165) is 61.5 Å². The van der Waals surface area contributed by atoms with Crippen LogP contribution in [0.2, 0.25) is 0 Å². The number of methoxy groups -OCH3 is 3. The fourth-order valence-corrected chi connectivity index (χ4v) is 4.13. The van der Waals surface area contributed by atoms with E-state index >= 15 is 0 Å². The summed E-state index contributed by atoms with van der Waals surface area (Å²) in [6.45, 7) is 4.31. The van der Waals surface area contributed by atoms with E-state index in [1.54, 1.807) is 21.3 Å². The van der Waals surface area contributed by atoms with E-state index < -0.39 is 0 Å². The third-order valence-corrected chi connectivity index (χ3v) is 5.96. The molecule has 3 rings (SSSR count). The van der Waals surface area contributed by atoms with E-state index in [1.165, 1.54) is 5.56 Å². The van der Waals surface area contributed by atoms with Gasteiger partial charge in [0, 0.05) is 6.07 Å². The maximum absolute atomic E-state index is 12.5. The van der Waals surface area contributed by atoms with Crippen LogP contribution in [-0.4, -0.2) is 51.8 Å². The molecule has 168 valence electrons. The van der Waals surface area contributed by atoms with Crippen LogP contribution in [0.15, 0.2) is 36.4 Å². The number of ether oxygens (including phenoxy) is 3. The van der Waals surface area contributed by atoms with Crippen molar-refractivity contribution in [3.8, 4) is 17.2 Å². The van der Waals surface area contributed by atoms with Crippen LogP contribution in [0.5, 0.6) is 17.2 Å². The number of carbonyl (C=O) groups excluding carboxylic acids is 1. The molecule has 31 heavy (non-hydrogen) atoms. The average Bonchev–Trinajstić information content (AvgIpc) is 2.78. The highest BCUT2D eigenvalue weighted by Crippen LogP contribution is 2.28. The Morgan fingerprint density at radius 3 is 2.29 bits per heavy atom. The molecular formula is C25H34N2O4. The molecule has 0 saturated carbocycles. The second-order valence-corrected chi connectivity index (χ2v) is 8.23. The van der Waals surface area contributed by atoms with Gasteiger partial charge in [0.15, 0.2) is 0 Å². The highest BCUT2D eigenvalue weighted by molar-refractivity contribution is 5.93. The fourth-order valence-electron chi connectivity index (χ4n) is 4.13. The van der Waals surface area contributed by atoms with Crippen molar-refractivity contribution in [1.82, 2.24) is 4.90 Å². The van der Waals surface area contributed by atoms with Gasteiger partial charge in [-0.15, -0.1) is 0 Å². The maximum atomic E-state index is 12.5. The first-order valence-electron chi connectivity index (χ1n) is 10.9. The number of nitrogens with zero attached hydrogens (tertiary/aromatic N) is 1. The van der Waals surface area contributed by atoms with E-state index in [1.807, 2.05) is 31.2 Å². The molecule has 1 aliphatic rings. The zero-order chi connectivity index (χ0) is 22.2. The van der Waals surface area contributed by atoms with E-state index in [0.29, 0.717) is 18.2 Å². The highest BCUT2D eigenvalue weighted by atomic mass is 16.5. The molecule has 1 amide bonds. The number of likely N-dealkylation sites (tertiary alicyclic amines) is 1. The summed E-state index contributed by atoms with van der Waals surface area (Å²) in [7, 11) is 4.98. The molecule has 1 saturated heterocycles. The van der Waals surface area contributed by atoms with Crippen LogP contribution >= 0.6 is 0 Å². The normalized spacial score (nSPS) is 14.8. The monoisotopic (exact) mass is 426 g/mol. The Kier molecular flexibility index (Phi) is 8.18. The molecule has 1 N–H and O–H groups in total. The number of benzene rings is 2. The van der Waals surface area contributed by atoms with Crippen molar-refractivity contribution in [1.29, 1.82) is 0 Å². The van der Waals surface area contributed by atoms with Gasteiger partial charge in [0.25, 0.3) is 0 Å². The average molecular weight is 427 g/mol. The second kappa shape index (κ2) is 11.0. The molecule has 0 bridgehead atoms. The standard InChI is InChI=1S/C25H34N2O4/c1-18-5-8-24(31-4)23(13-18)26-25(28)17-27-11-9-19(10-12-27)6-7-20-14-21(29-2)16-22(15-20)30-3/h5,8,13-16,19H,6-7,9-12,17H2,1-4H3,(H,26,28). The van der Waals surface area contributed by atoms with Gasteiger partial charge in [0.05, 0.1) is 33.6 Å². The topological polar surface area (TPSA) is 60.0 Å². The molecule has 0 aromatic heterocycles. The van der Waals surface area contributed by atoms with Gasteiger partial charge in [0.1, 0.15) is 17.2 Å². The van der Waals surface area contributed by atoms with Crippen LogP contribution in [0.3, 0.4) is 0 Å². The summed E-state index contributed by atoms with van der Waals surface area (Å²) in [6.07, 6.45) is 4.37. The summed E-state index contributed by atoms with van der Waals surface area (Å²) >= 11 is 0. The van der Waals surface area contributed by atoms with Crippen LogP contribution in [0.1, 0.15) is 30.4 Å². The van der Waals surface area contributed by atoms with Gasteiger partial charge < -0.3 is 19.5 Å². The van der Waals surface area contributed by atoms with Crippen LogP contribution in [0, 0.1) is 12.8 Å². The third kappa shape index (κ3) is 6.62. The van der Waals surface area contributed by atoms with E-state index in [2.05, 4.69) is 22.3 Å². The molecule has 1 aliphatic heterocycles. The predicted octanol–water partition coefficient (Wildman–Crippen LogP) is 4.30.